The van der Waals surface area contributed by atoms with E-state index in [1.165, 1.54) is 0 Å². The molecule has 1 amide bonds. The first-order valence-electron chi connectivity index (χ1n) is 7.66. The van der Waals surface area contributed by atoms with Gasteiger partial charge in [0.05, 0.1) is 12.8 Å². The Bertz CT molecular complexity index is 855. The maximum Gasteiger partial charge on any atom is 0.274 e. The second kappa shape index (κ2) is 7.87. The van der Waals surface area contributed by atoms with Gasteiger partial charge in [0.15, 0.2) is 0 Å². The molecule has 0 saturated carbocycles. The van der Waals surface area contributed by atoms with Crippen LogP contribution in [0.15, 0.2) is 61.1 Å². The predicted octanol–water partition coefficient (Wildman–Crippen LogP) is 2.74. The second-order valence-corrected chi connectivity index (χ2v) is 5.13. The molecule has 0 unspecified atom stereocenters. The highest BCUT2D eigenvalue weighted by Gasteiger charge is 2.11. The number of nitrogens with zero attached hydrogens (tertiary/aromatic N) is 3. The van der Waals surface area contributed by atoms with Gasteiger partial charge in [0.2, 0.25) is 5.95 Å². The molecule has 2 N–H and O–H groups in total. The normalized spacial score (nSPS) is 10.1. The average Bonchev–Trinajstić information content (AvgIpc) is 2.68. The van der Waals surface area contributed by atoms with Crippen molar-refractivity contribution in [2.75, 3.05) is 17.7 Å². The van der Waals surface area contributed by atoms with Gasteiger partial charge in [0, 0.05) is 25.1 Å². The summed E-state index contributed by atoms with van der Waals surface area (Å²) in [6.45, 7) is 0.542. The molecule has 0 bridgehead atoms. The number of para-hydroxylation sites is 2. The molecule has 126 valence electrons. The molecule has 0 aliphatic rings. The van der Waals surface area contributed by atoms with E-state index in [2.05, 4.69) is 25.6 Å². The molecule has 0 fully saturated rings. The van der Waals surface area contributed by atoms with Gasteiger partial charge in [-0.15, -0.1) is 0 Å². The molecule has 25 heavy (non-hydrogen) atoms. The Balaban J connectivity index is 1.69. The smallest absolute Gasteiger partial charge is 0.274 e. The van der Waals surface area contributed by atoms with E-state index < -0.39 is 0 Å². The van der Waals surface area contributed by atoms with E-state index in [-0.39, 0.29) is 11.6 Å². The van der Waals surface area contributed by atoms with Crippen molar-refractivity contribution in [3.63, 3.8) is 0 Å². The molecule has 0 aliphatic carbocycles. The lowest BCUT2D eigenvalue weighted by Crippen LogP contribution is -2.15. The number of carbonyl (C=O) groups excluding carboxylic acids is 1. The number of hydrogen-bond donors (Lipinski definition) is 2. The molecule has 0 radical (unpaired) electrons. The number of hydrogen-bond acceptors (Lipinski definition) is 6. The van der Waals surface area contributed by atoms with Crippen LogP contribution in [0.1, 0.15) is 16.1 Å². The van der Waals surface area contributed by atoms with Gasteiger partial charge in [0.25, 0.3) is 5.91 Å². The summed E-state index contributed by atoms with van der Waals surface area (Å²) in [5.41, 5.74) is 1.89. The Morgan fingerprint density at radius 2 is 1.88 bits per heavy atom. The zero-order valence-corrected chi connectivity index (χ0v) is 13.6. The number of anilines is 2. The van der Waals surface area contributed by atoms with E-state index in [0.717, 1.165) is 5.56 Å². The van der Waals surface area contributed by atoms with Crippen LogP contribution in [0.2, 0.25) is 0 Å². The fourth-order valence-electron chi connectivity index (χ4n) is 2.19. The number of methoxy groups -OCH3 is 1. The molecule has 3 aromatic rings. The topological polar surface area (TPSA) is 89.0 Å². The summed E-state index contributed by atoms with van der Waals surface area (Å²) in [6, 6.07) is 12.5. The van der Waals surface area contributed by atoms with Gasteiger partial charge >= 0.3 is 0 Å². The lowest BCUT2D eigenvalue weighted by Gasteiger charge is -2.10. The van der Waals surface area contributed by atoms with Gasteiger partial charge in [-0.1, -0.05) is 12.1 Å². The highest BCUT2D eigenvalue weighted by atomic mass is 16.5. The summed E-state index contributed by atoms with van der Waals surface area (Å²) in [7, 11) is 1.55. The predicted molar refractivity (Wildman–Crippen MR) is 94.5 cm³/mol. The van der Waals surface area contributed by atoms with Gasteiger partial charge in [0.1, 0.15) is 11.4 Å². The third kappa shape index (κ3) is 4.29. The maximum absolute atomic E-state index is 12.4. The van der Waals surface area contributed by atoms with Crippen LogP contribution in [0.4, 0.5) is 11.6 Å². The Hall–Kier alpha value is -3.48. The lowest BCUT2D eigenvalue weighted by molar-refractivity contribution is 0.102. The molecule has 7 nitrogen and oxygen atoms in total. The largest absolute Gasteiger partial charge is 0.495 e. The van der Waals surface area contributed by atoms with Crippen molar-refractivity contribution in [1.29, 1.82) is 0 Å². The summed E-state index contributed by atoms with van der Waals surface area (Å²) < 4.78 is 5.23. The first-order valence-corrected chi connectivity index (χ1v) is 7.66. The standard InChI is InChI=1S/C18H17N5O2/c1-25-16-5-3-2-4-14(16)22-17(24)15-8-11-20-18(23-15)21-12-13-6-9-19-10-7-13/h2-11H,12H2,1H3,(H,22,24)(H,20,21,23). The van der Waals surface area contributed by atoms with Crippen LogP contribution in [-0.2, 0) is 6.54 Å². The lowest BCUT2D eigenvalue weighted by atomic mass is 10.2. The molecule has 2 aromatic heterocycles. The summed E-state index contributed by atoms with van der Waals surface area (Å²) in [6.07, 6.45) is 4.98. The van der Waals surface area contributed by atoms with Crippen LogP contribution in [-0.4, -0.2) is 28.0 Å². The molecule has 0 atom stereocenters. The van der Waals surface area contributed by atoms with E-state index in [1.54, 1.807) is 43.9 Å². The average molecular weight is 335 g/mol. The minimum atomic E-state index is -0.334. The molecule has 3 rings (SSSR count). The first-order chi connectivity index (χ1) is 12.3. The molecule has 1 aromatic carbocycles. The Morgan fingerprint density at radius 1 is 1.08 bits per heavy atom. The third-order valence-electron chi connectivity index (χ3n) is 3.44. The van der Waals surface area contributed by atoms with Crippen molar-refractivity contribution in [1.82, 2.24) is 15.0 Å². The summed E-state index contributed by atoms with van der Waals surface area (Å²) in [5, 5.41) is 5.88. The monoisotopic (exact) mass is 335 g/mol. The van der Waals surface area contributed by atoms with Gasteiger partial charge in [-0.05, 0) is 35.9 Å². The molecule has 0 spiro atoms. The van der Waals surface area contributed by atoms with Crippen molar-refractivity contribution in [3.05, 3.63) is 72.3 Å². The van der Waals surface area contributed by atoms with E-state index in [1.807, 2.05) is 24.3 Å². The number of ether oxygens (including phenoxy) is 1. The van der Waals surface area contributed by atoms with Crippen LogP contribution < -0.4 is 15.4 Å². The molecule has 0 saturated heterocycles. The van der Waals surface area contributed by atoms with Gasteiger partial charge in [-0.2, -0.15) is 0 Å². The minimum Gasteiger partial charge on any atom is -0.495 e. The van der Waals surface area contributed by atoms with E-state index >= 15 is 0 Å². The quantitative estimate of drug-likeness (QED) is 0.720. The van der Waals surface area contributed by atoms with Crippen LogP contribution in [0.25, 0.3) is 0 Å². The van der Waals surface area contributed by atoms with Gasteiger partial charge in [-0.3, -0.25) is 9.78 Å². The SMILES string of the molecule is COc1ccccc1NC(=O)c1ccnc(NCc2ccncc2)n1. The summed E-state index contributed by atoms with van der Waals surface area (Å²) in [4.78, 5) is 24.8. The van der Waals surface area contributed by atoms with Crippen LogP contribution in [0, 0.1) is 0 Å². The Morgan fingerprint density at radius 3 is 2.68 bits per heavy atom. The second-order valence-electron chi connectivity index (χ2n) is 5.13. The van der Waals surface area contributed by atoms with Crippen LogP contribution in [0.5, 0.6) is 5.75 Å². The number of carbonyl (C=O) groups is 1. The third-order valence-corrected chi connectivity index (χ3v) is 3.44. The fourth-order valence-corrected chi connectivity index (χ4v) is 2.19. The van der Waals surface area contributed by atoms with Crippen molar-refractivity contribution in [2.45, 2.75) is 6.54 Å². The highest BCUT2D eigenvalue weighted by molar-refractivity contribution is 6.03. The zero-order valence-electron chi connectivity index (χ0n) is 13.6. The molecule has 2 heterocycles. The van der Waals surface area contributed by atoms with Crippen molar-refractivity contribution in [3.8, 4) is 5.75 Å². The number of aromatic nitrogens is 3. The fraction of sp³-hybridized carbons (Fsp3) is 0.111. The molecule has 7 heteroatoms. The van der Waals surface area contributed by atoms with E-state index in [0.29, 0.717) is 23.9 Å². The minimum absolute atomic E-state index is 0.262. The number of benzene rings is 1. The number of amides is 1. The Kier molecular flexibility index (Phi) is 5.16. The maximum atomic E-state index is 12.4. The summed E-state index contributed by atoms with van der Waals surface area (Å²) in [5.74, 6) is 0.629. The first kappa shape index (κ1) is 16.4. The number of rotatable bonds is 6. The molecule has 0 aliphatic heterocycles. The molecular formula is C18H17N5O2. The molecular weight excluding hydrogens is 318 g/mol. The highest BCUT2D eigenvalue weighted by Crippen LogP contribution is 2.23. The van der Waals surface area contributed by atoms with E-state index in [9.17, 15) is 4.79 Å². The number of nitrogens with one attached hydrogen (secondary N) is 2. The van der Waals surface area contributed by atoms with Crippen LogP contribution in [0.3, 0.4) is 0 Å². The van der Waals surface area contributed by atoms with Gasteiger partial charge in [-0.25, -0.2) is 9.97 Å². The van der Waals surface area contributed by atoms with Gasteiger partial charge < -0.3 is 15.4 Å². The zero-order chi connectivity index (χ0) is 17.5. The Labute approximate surface area is 145 Å². The van der Waals surface area contributed by atoms with Crippen molar-refractivity contribution >= 4 is 17.5 Å². The van der Waals surface area contributed by atoms with Crippen molar-refractivity contribution in [2.24, 2.45) is 0 Å². The summed E-state index contributed by atoms with van der Waals surface area (Å²) >= 11 is 0. The van der Waals surface area contributed by atoms with Crippen LogP contribution >= 0.6 is 0 Å². The van der Waals surface area contributed by atoms with Crippen molar-refractivity contribution < 1.29 is 9.53 Å². The number of pyridine rings is 1. The van der Waals surface area contributed by atoms with E-state index in [4.69, 9.17) is 4.74 Å².